The number of ether oxygens (including phenoxy) is 1. The summed E-state index contributed by atoms with van der Waals surface area (Å²) in [6, 6.07) is 1.58. The van der Waals surface area contributed by atoms with Gasteiger partial charge in [0.2, 0.25) is 5.58 Å². The largest absolute Gasteiger partial charge is 0.372 e. The number of hydrogen-bond donors (Lipinski definition) is 1. The van der Waals surface area contributed by atoms with Gasteiger partial charge in [-0.2, -0.15) is 0 Å². The molecule has 5 heterocycles. The molecule has 4 atom stereocenters. The summed E-state index contributed by atoms with van der Waals surface area (Å²) in [5, 5.41) is 7.31. The SMILES string of the molecule is C[C@@H]1CN2c3c(cc4c(C(=O)N5CC(F)(F)C5)noc4c3F)CC3(C=NCNC3)[C@@H]2[C@@H](C)O1. The quantitative estimate of drug-likeness (QED) is 0.699. The second-order valence-electron chi connectivity index (χ2n) is 9.68. The second kappa shape index (κ2) is 6.92. The van der Waals surface area contributed by atoms with Crippen LogP contribution in [0.15, 0.2) is 15.6 Å². The number of amides is 1. The van der Waals surface area contributed by atoms with Crippen molar-refractivity contribution in [3.63, 3.8) is 0 Å². The number of fused-ring (bicyclic) bond motifs is 5. The highest BCUT2D eigenvalue weighted by Gasteiger charge is 2.53. The lowest BCUT2D eigenvalue weighted by Gasteiger charge is -2.56. The Hall–Kier alpha value is -2.66. The van der Waals surface area contributed by atoms with Gasteiger partial charge in [-0.25, -0.2) is 13.2 Å². The van der Waals surface area contributed by atoms with E-state index in [2.05, 4.69) is 15.5 Å². The number of likely N-dealkylation sites (tertiary alicyclic amines) is 1. The molecule has 8 nitrogen and oxygen atoms in total. The Balaban J connectivity index is 1.48. The zero-order chi connectivity index (χ0) is 23.1. The standard InChI is InChI=1S/C22H24F3N5O3/c1-11-5-30-17-13(4-21(6-26-10-27-7-21)19(30)12(2)32-11)3-14-16(28-33-18(14)15(17)23)20(31)29-8-22(24,25)9-29/h3,6,11-12,19,27H,4-5,7-10H2,1-2H3/t11-,12-,19+,21?/m1/s1. The van der Waals surface area contributed by atoms with E-state index in [-0.39, 0.29) is 34.9 Å². The Morgan fingerprint density at radius 2 is 2.09 bits per heavy atom. The Labute approximate surface area is 187 Å². The summed E-state index contributed by atoms with van der Waals surface area (Å²) in [6.07, 6.45) is 2.16. The van der Waals surface area contributed by atoms with Crippen LogP contribution in [0, 0.1) is 11.2 Å². The van der Waals surface area contributed by atoms with Crippen LogP contribution in [0.25, 0.3) is 11.0 Å². The first-order chi connectivity index (χ1) is 15.7. The minimum absolute atomic E-state index is 0.109. The van der Waals surface area contributed by atoms with Crippen LogP contribution in [0.5, 0.6) is 0 Å². The van der Waals surface area contributed by atoms with E-state index >= 15 is 4.39 Å². The van der Waals surface area contributed by atoms with Gasteiger partial charge in [0, 0.05) is 24.7 Å². The first-order valence-corrected chi connectivity index (χ1v) is 11.1. The Bertz CT molecular complexity index is 1180. The van der Waals surface area contributed by atoms with Gasteiger partial charge in [0.25, 0.3) is 11.8 Å². The first kappa shape index (κ1) is 20.9. The number of aromatic nitrogens is 1. The molecule has 1 aromatic heterocycles. The molecule has 2 fully saturated rings. The summed E-state index contributed by atoms with van der Waals surface area (Å²) < 4.78 is 53.9. The summed E-state index contributed by atoms with van der Waals surface area (Å²) >= 11 is 0. The third-order valence-corrected chi connectivity index (χ3v) is 7.17. The summed E-state index contributed by atoms with van der Waals surface area (Å²) in [6.45, 7) is 4.25. The van der Waals surface area contributed by atoms with Crippen molar-refractivity contribution in [1.82, 2.24) is 15.4 Å². The van der Waals surface area contributed by atoms with Crippen LogP contribution >= 0.6 is 0 Å². The van der Waals surface area contributed by atoms with E-state index in [1.54, 1.807) is 6.07 Å². The lowest BCUT2D eigenvalue weighted by Crippen LogP contribution is -2.67. The van der Waals surface area contributed by atoms with Gasteiger partial charge in [-0.15, -0.1) is 0 Å². The van der Waals surface area contributed by atoms with E-state index in [9.17, 15) is 13.6 Å². The second-order valence-corrected chi connectivity index (χ2v) is 9.68. The van der Waals surface area contributed by atoms with Crippen molar-refractivity contribution in [3.05, 3.63) is 23.1 Å². The number of anilines is 1. The third kappa shape index (κ3) is 3.01. The van der Waals surface area contributed by atoms with Crippen LogP contribution in [0.4, 0.5) is 18.9 Å². The van der Waals surface area contributed by atoms with E-state index < -0.39 is 36.2 Å². The van der Waals surface area contributed by atoms with E-state index in [0.717, 1.165) is 4.90 Å². The van der Waals surface area contributed by atoms with Gasteiger partial charge in [-0.05, 0) is 31.9 Å². The fourth-order valence-electron chi connectivity index (χ4n) is 6.00. The average Bonchev–Trinajstić information content (AvgIpc) is 3.15. The summed E-state index contributed by atoms with van der Waals surface area (Å²) in [4.78, 5) is 20.3. The maximum absolute atomic E-state index is 15.9. The third-order valence-electron chi connectivity index (χ3n) is 7.17. The number of alkyl halides is 2. The van der Waals surface area contributed by atoms with E-state index in [0.29, 0.717) is 37.4 Å². The number of nitrogens with zero attached hydrogens (tertiary/aromatic N) is 4. The van der Waals surface area contributed by atoms with Crippen LogP contribution < -0.4 is 10.2 Å². The van der Waals surface area contributed by atoms with Gasteiger partial charge in [0.1, 0.15) is 0 Å². The number of aliphatic imine (C=N–C) groups is 1. The molecule has 1 N–H and O–H groups in total. The molecule has 33 heavy (non-hydrogen) atoms. The van der Waals surface area contributed by atoms with Crippen LogP contribution in [-0.2, 0) is 11.2 Å². The normalized spacial score (nSPS) is 32.6. The topological polar surface area (TPSA) is 83.2 Å². The molecule has 2 saturated heterocycles. The molecule has 0 saturated carbocycles. The number of rotatable bonds is 1. The first-order valence-electron chi connectivity index (χ1n) is 11.1. The molecule has 0 radical (unpaired) electrons. The van der Waals surface area contributed by atoms with Crippen LogP contribution in [0.1, 0.15) is 29.9 Å². The molecule has 0 bridgehead atoms. The average molecular weight is 463 g/mol. The highest BCUT2D eigenvalue weighted by atomic mass is 19.3. The van der Waals surface area contributed by atoms with Gasteiger partial charge in [-0.1, -0.05) is 5.16 Å². The molecule has 1 spiro atoms. The van der Waals surface area contributed by atoms with E-state index in [1.807, 2.05) is 25.0 Å². The fourth-order valence-corrected chi connectivity index (χ4v) is 6.00. The number of halogens is 3. The number of morpholine rings is 1. The maximum Gasteiger partial charge on any atom is 0.282 e. The smallest absolute Gasteiger partial charge is 0.282 e. The molecule has 4 aliphatic heterocycles. The van der Waals surface area contributed by atoms with Crippen LogP contribution in [-0.4, -0.2) is 79.2 Å². The van der Waals surface area contributed by atoms with Crippen molar-refractivity contribution in [2.45, 2.75) is 44.4 Å². The lowest BCUT2D eigenvalue weighted by molar-refractivity contribution is -0.113. The molecule has 1 aromatic carbocycles. The van der Waals surface area contributed by atoms with Crippen LogP contribution in [0.3, 0.4) is 0 Å². The van der Waals surface area contributed by atoms with E-state index in [1.165, 1.54) is 0 Å². The zero-order valence-electron chi connectivity index (χ0n) is 18.3. The van der Waals surface area contributed by atoms with E-state index in [4.69, 9.17) is 9.26 Å². The number of benzene rings is 1. The van der Waals surface area contributed by atoms with Crippen molar-refractivity contribution in [1.29, 1.82) is 0 Å². The number of carbonyl (C=O) groups excluding carboxylic acids is 1. The monoisotopic (exact) mass is 463 g/mol. The van der Waals surface area contributed by atoms with Gasteiger partial charge >= 0.3 is 0 Å². The number of carbonyl (C=O) groups is 1. The van der Waals surface area contributed by atoms with Gasteiger partial charge in [-0.3, -0.25) is 15.1 Å². The summed E-state index contributed by atoms with van der Waals surface area (Å²) in [5.41, 5.74) is 0.425. The molecular weight excluding hydrogens is 439 g/mol. The Morgan fingerprint density at radius 1 is 1.30 bits per heavy atom. The molecule has 1 unspecified atom stereocenters. The molecule has 2 aromatic rings. The minimum Gasteiger partial charge on any atom is -0.372 e. The van der Waals surface area contributed by atoms with Crippen molar-refractivity contribution in [2.75, 3.05) is 37.7 Å². The van der Waals surface area contributed by atoms with Crippen molar-refractivity contribution < 1.29 is 27.2 Å². The van der Waals surface area contributed by atoms with Gasteiger partial charge in [0.15, 0.2) is 11.5 Å². The minimum atomic E-state index is -2.90. The molecular formula is C22H24F3N5O3. The Morgan fingerprint density at radius 3 is 2.79 bits per heavy atom. The van der Waals surface area contributed by atoms with Crippen molar-refractivity contribution in [2.24, 2.45) is 10.4 Å². The highest BCUT2D eigenvalue weighted by Crippen LogP contribution is 2.48. The molecule has 11 heteroatoms. The number of hydrogen-bond acceptors (Lipinski definition) is 7. The summed E-state index contributed by atoms with van der Waals surface area (Å²) in [7, 11) is 0. The predicted molar refractivity (Wildman–Crippen MR) is 113 cm³/mol. The molecule has 6 rings (SSSR count). The molecule has 176 valence electrons. The van der Waals surface area contributed by atoms with Crippen molar-refractivity contribution >= 4 is 28.8 Å². The maximum atomic E-state index is 15.9. The van der Waals surface area contributed by atoms with Crippen LogP contribution in [0.2, 0.25) is 0 Å². The highest BCUT2D eigenvalue weighted by molar-refractivity contribution is 6.05. The lowest BCUT2D eigenvalue weighted by atomic mass is 9.68. The van der Waals surface area contributed by atoms with Crippen molar-refractivity contribution in [3.8, 4) is 0 Å². The number of nitrogens with one attached hydrogen (secondary N) is 1. The molecule has 1 amide bonds. The Kier molecular flexibility index (Phi) is 4.39. The fraction of sp³-hybridized carbons (Fsp3) is 0.591. The van der Waals surface area contributed by atoms with Gasteiger partial charge in [0.05, 0.1) is 49.1 Å². The molecule has 4 aliphatic rings. The summed E-state index contributed by atoms with van der Waals surface area (Å²) in [5.74, 6) is -4.18. The predicted octanol–water partition coefficient (Wildman–Crippen LogP) is 2.21. The zero-order valence-corrected chi connectivity index (χ0v) is 18.3. The van der Waals surface area contributed by atoms with Gasteiger partial charge < -0.3 is 19.1 Å². The molecule has 0 aliphatic carbocycles.